The summed E-state index contributed by atoms with van der Waals surface area (Å²) in [7, 11) is -2.72. The largest absolute Gasteiger partial charge is 0.497 e. The number of nitrogens with one attached hydrogen (secondary N) is 1. The van der Waals surface area contributed by atoms with Crippen LogP contribution in [0.15, 0.2) is 108 Å². The molecule has 4 aromatic rings. The number of carbonyl (C=O) groups is 1. The SMILES string of the molecule is COc1ccc(S(=O)(=O)N(Cc2ccccc2)c2c(OCc3ccccc3)cccc2C(=O)NO)cc1. The van der Waals surface area contributed by atoms with Crippen molar-refractivity contribution < 1.29 is 27.9 Å². The molecule has 0 unspecified atom stereocenters. The van der Waals surface area contributed by atoms with Gasteiger partial charge in [-0.05, 0) is 47.5 Å². The van der Waals surface area contributed by atoms with Crippen LogP contribution in [0.1, 0.15) is 21.5 Å². The number of hydrogen-bond donors (Lipinski definition) is 2. The van der Waals surface area contributed by atoms with Crippen molar-refractivity contribution in [1.29, 1.82) is 0 Å². The fraction of sp³-hybridized carbons (Fsp3) is 0.107. The molecule has 0 spiro atoms. The molecule has 0 aromatic heterocycles. The number of sulfonamides is 1. The minimum atomic E-state index is -4.21. The van der Waals surface area contributed by atoms with Crippen LogP contribution in [0.5, 0.6) is 11.5 Å². The van der Waals surface area contributed by atoms with Gasteiger partial charge in [0, 0.05) is 0 Å². The van der Waals surface area contributed by atoms with Crippen LogP contribution >= 0.6 is 0 Å². The minimum Gasteiger partial charge on any atom is -0.497 e. The van der Waals surface area contributed by atoms with Crippen molar-refractivity contribution in [1.82, 2.24) is 5.48 Å². The van der Waals surface area contributed by atoms with Gasteiger partial charge in [-0.2, -0.15) is 0 Å². The zero-order chi connectivity index (χ0) is 26.3. The summed E-state index contributed by atoms with van der Waals surface area (Å²) in [6.45, 7) is 0.0480. The monoisotopic (exact) mass is 518 g/mol. The summed E-state index contributed by atoms with van der Waals surface area (Å²) in [4.78, 5) is 12.7. The lowest BCUT2D eigenvalue weighted by atomic mass is 10.1. The summed E-state index contributed by atoms with van der Waals surface area (Å²) in [5.74, 6) is -0.207. The van der Waals surface area contributed by atoms with Crippen molar-refractivity contribution in [3.05, 3.63) is 120 Å². The summed E-state index contributed by atoms with van der Waals surface area (Å²) in [6.07, 6.45) is 0. The van der Waals surface area contributed by atoms with E-state index in [0.717, 1.165) is 9.87 Å². The average molecular weight is 519 g/mol. The van der Waals surface area contributed by atoms with Crippen LogP contribution in [0.25, 0.3) is 0 Å². The lowest BCUT2D eigenvalue weighted by Crippen LogP contribution is -2.33. The van der Waals surface area contributed by atoms with Gasteiger partial charge in [-0.25, -0.2) is 13.9 Å². The fourth-order valence-corrected chi connectivity index (χ4v) is 5.27. The van der Waals surface area contributed by atoms with Crippen LogP contribution in [0.3, 0.4) is 0 Å². The minimum absolute atomic E-state index is 0.00236. The smallest absolute Gasteiger partial charge is 0.276 e. The number of carbonyl (C=O) groups excluding carboxylic acids is 1. The summed E-state index contributed by atoms with van der Waals surface area (Å²) in [5, 5.41) is 9.44. The first-order valence-electron chi connectivity index (χ1n) is 11.4. The maximum atomic E-state index is 14.1. The lowest BCUT2D eigenvalue weighted by Gasteiger charge is -2.28. The number of nitrogens with zero attached hydrogens (tertiary/aromatic N) is 1. The van der Waals surface area contributed by atoms with E-state index in [1.54, 1.807) is 54.0 Å². The third-order valence-electron chi connectivity index (χ3n) is 5.65. The average Bonchev–Trinajstić information content (AvgIpc) is 2.95. The first-order valence-corrected chi connectivity index (χ1v) is 12.8. The Morgan fingerprint density at radius 2 is 1.46 bits per heavy atom. The van der Waals surface area contributed by atoms with Gasteiger partial charge in [-0.1, -0.05) is 66.7 Å². The third kappa shape index (κ3) is 5.91. The van der Waals surface area contributed by atoms with Crippen LogP contribution in [-0.4, -0.2) is 26.6 Å². The molecule has 0 fully saturated rings. The van der Waals surface area contributed by atoms with Crippen LogP contribution in [0.2, 0.25) is 0 Å². The van der Waals surface area contributed by atoms with E-state index in [-0.39, 0.29) is 35.0 Å². The summed E-state index contributed by atoms with van der Waals surface area (Å²) in [6, 6.07) is 28.9. The quantitative estimate of drug-likeness (QED) is 0.231. The Hall–Kier alpha value is -4.34. The lowest BCUT2D eigenvalue weighted by molar-refractivity contribution is 0.0706. The second kappa shape index (κ2) is 11.6. The van der Waals surface area contributed by atoms with Gasteiger partial charge in [0.1, 0.15) is 23.8 Å². The second-order valence-corrected chi connectivity index (χ2v) is 9.90. The van der Waals surface area contributed by atoms with E-state index in [9.17, 15) is 18.4 Å². The van der Waals surface area contributed by atoms with E-state index in [2.05, 4.69) is 0 Å². The van der Waals surface area contributed by atoms with Gasteiger partial charge in [0.15, 0.2) is 0 Å². The Morgan fingerprint density at radius 1 is 0.838 bits per heavy atom. The highest BCUT2D eigenvalue weighted by molar-refractivity contribution is 7.92. The molecule has 0 bridgehead atoms. The molecule has 4 rings (SSSR count). The molecule has 190 valence electrons. The van der Waals surface area contributed by atoms with Crippen LogP contribution in [0.4, 0.5) is 5.69 Å². The Labute approximate surface area is 215 Å². The van der Waals surface area contributed by atoms with E-state index in [1.165, 1.54) is 25.3 Å². The molecule has 0 aliphatic rings. The van der Waals surface area contributed by atoms with Gasteiger partial charge in [-0.3, -0.25) is 14.3 Å². The Bertz CT molecular complexity index is 1440. The number of hydroxylamine groups is 1. The molecule has 4 aromatic carbocycles. The number of amides is 1. The van der Waals surface area contributed by atoms with Crippen LogP contribution in [-0.2, 0) is 23.2 Å². The maximum absolute atomic E-state index is 14.1. The molecule has 9 heteroatoms. The normalized spacial score (nSPS) is 11.0. The Morgan fingerprint density at radius 3 is 2.05 bits per heavy atom. The molecule has 0 aliphatic heterocycles. The fourth-order valence-electron chi connectivity index (χ4n) is 3.78. The van der Waals surface area contributed by atoms with Crippen molar-refractivity contribution >= 4 is 21.6 Å². The molecule has 1 amide bonds. The molecule has 2 N–H and O–H groups in total. The predicted octanol–water partition coefficient (Wildman–Crippen LogP) is 4.79. The number of rotatable bonds is 10. The van der Waals surface area contributed by atoms with Gasteiger partial charge < -0.3 is 9.47 Å². The first-order chi connectivity index (χ1) is 17.9. The number of anilines is 1. The van der Waals surface area contributed by atoms with E-state index in [0.29, 0.717) is 11.3 Å². The van der Waals surface area contributed by atoms with Crippen molar-refractivity contribution in [2.45, 2.75) is 18.0 Å². The highest BCUT2D eigenvalue weighted by atomic mass is 32.2. The number of methoxy groups -OCH3 is 1. The van der Waals surface area contributed by atoms with Gasteiger partial charge in [0.25, 0.3) is 15.9 Å². The summed E-state index contributed by atoms with van der Waals surface area (Å²) < 4.78 is 40.5. The highest BCUT2D eigenvalue weighted by Crippen LogP contribution is 2.38. The number of para-hydroxylation sites is 1. The second-order valence-electron chi connectivity index (χ2n) is 8.04. The molecular weight excluding hydrogens is 492 g/mol. The van der Waals surface area contributed by atoms with E-state index in [1.807, 2.05) is 36.4 Å². The number of hydrogen-bond acceptors (Lipinski definition) is 6. The van der Waals surface area contributed by atoms with Crippen LogP contribution in [0, 0.1) is 0 Å². The van der Waals surface area contributed by atoms with Crippen molar-refractivity contribution in [3.8, 4) is 11.5 Å². The van der Waals surface area contributed by atoms with Crippen molar-refractivity contribution in [3.63, 3.8) is 0 Å². The van der Waals surface area contributed by atoms with Gasteiger partial charge >= 0.3 is 0 Å². The summed E-state index contributed by atoms with van der Waals surface area (Å²) >= 11 is 0. The molecule has 0 heterocycles. The molecule has 37 heavy (non-hydrogen) atoms. The van der Waals surface area contributed by atoms with Crippen LogP contribution < -0.4 is 19.3 Å². The third-order valence-corrected chi connectivity index (χ3v) is 7.41. The predicted molar refractivity (Wildman–Crippen MR) is 139 cm³/mol. The number of benzene rings is 4. The Kier molecular flexibility index (Phi) is 8.07. The van der Waals surface area contributed by atoms with Gasteiger partial charge in [0.2, 0.25) is 0 Å². The molecule has 8 nitrogen and oxygen atoms in total. The zero-order valence-corrected chi connectivity index (χ0v) is 20.9. The van der Waals surface area contributed by atoms with Crippen molar-refractivity contribution in [2.75, 3.05) is 11.4 Å². The van der Waals surface area contributed by atoms with Crippen molar-refractivity contribution in [2.24, 2.45) is 0 Å². The molecular formula is C28H26N2O6S. The highest BCUT2D eigenvalue weighted by Gasteiger charge is 2.32. The Balaban J connectivity index is 1.87. The molecule has 0 radical (unpaired) electrons. The van der Waals surface area contributed by atoms with Gasteiger partial charge in [-0.15, -0.1) is 0 Å². The zero-order valence-electron chi connectivity index (χ0n) is 20.1. The first kappa shape index (κ1) is 25.7. The molecule has 0 saturated carbocycles. The topological polar surface area (TPSA) is 105 Å². The van der Waals surface area contributed by atoms with E-state index in [4.69, 9.17) is 9.47 Å². The molecule has 0 atom stereocenters. The number of ether oxygens (including phenoxy) is 2. The van der Waals surface area contributed by atoms with E-state index >= 15 is 0 Å². The van der Waals surface area contributed by atoms with Gasteiger partial charge in [0.05, 0.1) is 24.1 Å². The summed E-state index contributed by atoms with van der Waals surface area (Å²) in [5.41, 5.74) is 3.10. The molecule has 0 aliphatic carbocycles. The molecule has 0 saturated heterocycles. The maximum Gasteiger partial charge on any atom is 0.276 e. The standard InChI is InChI=1S/C28H26N2O6S/c1-35-23-15-17-24(18-16-23)37(33,34)30(19-21-9-4-2-5-10-21)27-25(28(31)29-32)13-8-14-26(27)36-20-22-11-6-3-7-12-22/h2-18,32H,19-20H2,1H3,(H,29,31). The van der Waals surface area contributed by atoms with E-state index < -0.39 is 15.9 Å².